The summed E-state index contributed by atoms with van der Waals surface area (Å²) in [7, 11) is 0. The molecule has 2 aliphatic carbocycles. The number of nitrogens with two attached hydrogens (primary N) is 1. The molecule has 0 aliphatic heterocycles. The van der Waals surface area contributed by atoms with Crippen molar-refractivity contribution in [1.82, 2.24) is 4.90 Å². The fraction of sp³-hybridized carbons (Fsp3) is 0.647. The highest BCUT2D eigenvalue weighted by molar-refractivity contribution is 5.19. The van der Waals surface area contributed by atoms with Crippen molar-refractivity contribution in [2.24, 2.45) is 11.7 Å². The van der Waals surface area contributed by atoms with E-state index in [1.54, 1.807) is 12.1 Å². The van der Waals surface area contributed by atoms with Gasteiger partial charge in [0.15, 0.2) is 0 Å². The van der Waals surface area contributed by atoms with Crippen molar-refractivity contribution < 1.29 is 4.39 Å². The lowest BCUT2D eigenvalue weighted by Gasteiger charge is -2.41. The van der Waals surface area contributed by atoms with Gasteiger partial charge in [-0.05, 0) is 62.6 Å². The molecule has 2 aliphatic rings. The average Bonchev–Trinajstić information content (AvgIpc) is 3.31. The van der Waals surface area contributed by atoms with Crippen molar-refractivity contribution in [2.45, 2.75) is 50.6 Å². The molecule has 0 amide bonds. The Morgan fingerprint density at radius 1 is 1.20 bits per heavy atom. The Hall–Kier alpha value is -0.930. The highest BCUT2D eigenvalue weighted by atomic mass is 19.1. The first kappa shape index (κ1) is 14.0. The number of rotatable bonds is 7. The summed E-state index contributed by atoms with van der Waals surface area (Å²) in [6.45, 7) is 4.13. The van der Waals surface area contributed by atoms with E-state index >= 15 is 0 Å². The lowest BCUT2D eigenvalue weighted by molar-refractivity contribution is 0.0945. The van der Waals surface area contributed by atoms with Gasteiger partial charge in [-0.3, -0.25) is 4.90 Å². The lowest BCUT2D eigenvalue weighted by Crippen LogP contribution is -2.55. The molecule has 0 radical (unpaired) electrons. The predicted molar refractivity (Wildman–Crippen MR) is 80.0 cm³/mol. The monoisotopic (exact) mass is 276 g/mol. The van der Waals surface area contributed by atoms with Crippen molar-refractivity contribution in [3.05, 3.63) is 35.6 Å². The lowest BCUT2D eigenvalue weighted by atomic mass is 9.90. The third-order valence-electron chi connectivity index (χ3n) is 4.77. The van der Waals surface area contributed by atoms with E-state index in [2.05, 4.69) is 11.8 Å². The van der Waals surface area contributed by atoms with Crippen LogP contribution in [0.3, 0.4) is 0 Å². The first-order valence-electron chi connectivity index (χ1n) is 7.82. The van der Waals surface area contributed by atoms with Gasteiger partial charge < -0.3 is 5.73 Å². The molecule has 0 bridgehead atoms. The van der Waals surface area contributed by atoms with E-state index in [4.69, 9.17) is 5.73 Å². The Morgan fingerprint density at radius 3 is 2.35 bits per heavy atom. The molecule has 0 saturated heterocycles. The molecule has 0 spiro atoms. The zero-order chi connectivity index (χ0) is 14.2. The molecule has 3 heteroatoms. The second-order valence-corrected chi connectivity index (χ2v) is 6.83. The normalized spacial score (nSPS) is 22.0. The number of hydrogen-bond acceptors (Lipinski definition) is 2. The summed E-state index contributed by atoms with van der Waals surface area (Å²) in [6, 6.07) is 7.62. The van der Waals surface area contributed by atoms with Gasteiger partial charge in [0.05, 0.1) is 0 Å². The van der Waals surface area contributed by atoms with Gasteiger partial charge >= 0.3 is 0 Å². The van der Waals surface area contributed by atoms with Gasteiger partial charge in [0.2, 0.25) is 0 Å². The third kappa shape index (κ3) is 3.21. The van der Waals surface area contributed by atoms with Gasteiger partial charge in [-0.25, -0.2) is 4.39 Å². The predicted octanol–water partition coefficient (Wildman–Crippen LogP) is 2.96. The van der Waals surface area contributed by atoms with Crippen molar-refractivity contribution in [2.75, 3.05) is 13.1 Å². The van der Waals surface area contributed by atoms with E-state index in [-0.39, 0.29) is 11.4 Å². The largest absolute Gasteiger partial charge is 0.329 e. The van der Waals surface area contributed by atoms with E-state index < -0.39 is 0 Å². The SMILES string of the molecule is CC(CN)(Cc1ccc(F)cc1)N(CC1CC1)C1CC1. The van der Waals surface area contributed by atoms with Gasteiger partial charge in [-0.2, -0.15) is 0 Å². The molecule has 2 nitrogen and oxygen atoms in total. The number of benzene rings is 1. The van der Waals surface area contributed by atoms with Crippen LogP contribution in [0.15, 0.2) is 24.3 Å². The highest BCUT2D eigenvalue weighted by Gasteiger charge is 2.42. The molecule has 0 aromatic heterocycles. The van der Waals surface area contributed by atoms with Crippen LogP contribution in [0.1, 0.15) is 38.2 Å². The summed E-state index contributed by atoms with van der Waals surface area (Å²) in [4.78, 5) is 2.65. The van der Waals surface area contributed by atoms with E-state index in [1.807, 2.05) is 12.1 Å². The Balaban J connectivity index is 1.74. The van der Waals surface area contributed by atoms with E-state index in [0.29, 0.717) is 6.54 Å². The molecule has 0 heterocycles. The first-order valence-corrected chi connectivity index (χ1v) is 7.82. The Morgan fingerprint density at radius 2 is 1.85 bits per heavy atom. The Kier molecular flexibility index (Phi) is 3.83. The van der Waals surface area contributed by atoms with Gasteiger partial charge in [-0.15, -0.1) is 0 Å². The molecule has 1 aromatic carbocycles. The quantitative estimate of drug-likeness (QED) is 0.829. The van der Waals surface area contributed by atoms with Crippen LogP contribution in [0.5, 0.6) is 0 Å². The highest BCUT2D eigenvalue weighted by Crippen LogP contribution is 2.39. The smallest absolute Gasteiger partial charge is 0.123 e. The maximum Gasteiger partial charge on any atom is 0.123 e. The summed E-state index contributed by atoms with van der Waals surface area (Å²) in [5.41, 5.74) is 7.31. The maximum absolute atomic E-state index is 13.0. The van der Waals surface area contributed by atoms with Crippen LogP contribution in [-0.4, -0.2) is 29.6 Å². The van der Waals surface area contributed by atoms with Crippen LogP contribution in [0.4, 0.5) is 4.39 Å². The van der Waals surface area contributed by atoms with E-state index in [9.17, 15) is 4.39 Å². The zero-order valence-electron chi connectivity index (χ0n) is 12.3. The van der Waals surface area contributed by atoms with Crippen molar-refractivity contribution >= 4 is 0 Å². The van der Waals surface area contributed by atoms with Crippen LogP contribution in [0.25, 0.3) is 0 Å². The standard InChI is InChI=1S/C17H25FN2/c1-17(12-19,10-13-4-6-15(18)7-5-13)20(16-8-9-16)11-14-2-3-14/h4-7,14,16H,2-3,8-12,19H2,1H3. The van der Waals surface area contributed by atoms with Crippen LogP contribution in [0, 0.1) is 11.7 Å². The minimum absolute atomic E-state index is 0.00157. The molecule has 2 fully saturated rings. The molecule has 3 rings (SSSR count). The number of nitrogens with zero attached hydrogens (tertiary/aromatic N) is 1. The molecule has 1 aromatic rings. The molecule has 110 valence electrons. The van der Waals surface area contributed by atoms with Crippen molar-refractivity contribution in [3.63, 3.8) is 0 Å². The third-order valence-corrected chi connectivity index (χ3v) is 4.77. The Labute approximate surface area is 121 Å². The molecule has 20 heavy (non-hydrogen) atoms. The van der Waals surface area contributed by atoms with Gasteiger partial charge in [0, 0.05) is 24.7 Å². The summed E-state index contributed by atoms with van der Waals surface area (Å²) in [5, 5.41) is 0. The second-order valence-electron chi connectivity index (χ2n) is 6.83. The summed E-state index contributed by atoms with van der Waals surface area (Å²) in [6.07, 6.45) is 6.28. The molecular weight excluding hydrogens is 251 g/mol. The number of hydrogen-bond donors (Lipinski definition) is 1. The first-order chi connectivity index (χ1) is 9.60. The minimum Gasteiger partial charge on any atom is -0.329 e. The molecule has 2 N–H and O–H groups in total. The van der Waals surface area contributed by atoms with Crippen LogP contribution in [0.2, 0.25) is 0 Å². The fourth-order valence-electron chi connectivity index (χ4n) is 3.11. The topological polar surface area (TPSA) is 29.3 Å². The average molecular weight is 276 g/mol. The zero-order valence-corrected chi connectivity index (χ0v) is 12.3. The summed E-state index contributed by atoms with van der Waals surface area (Å²) >= 11 is 0. The molecule has 1 unspecified atom stereocenters. The fourth-order valence-corrected chi connectivity index (χ4v) is 3.11. The van der Waals surface area contributed by atoms with Gasteiger partial charge in [0.1, 0.15) is 5.82 Å². The molecule has 1 atom stereocenters. The molecule has 2 saturated carbocycles. The van der Waals surface area contributed by atoms with Crippen molar-refractivity contribution in [1.29, 1.82) is 0 Å². The van der Waals surface area contributed by atoms with Crippen LogP contribution < -0.4 is 5.73 Å². The minimum atomic E-state index is -0.166. The Bertz CT molecular complexity index is 451. The van der Waals surface area contributed by atoms with Crippen LogP contribution >= 0.6 is 0 Å². The van der Waals surface area contributed by atoms with E-state index in [0.717, 1.165) is 18.4 Å². The van der Waals surface area contributed by atoms with Crippen molar-refractivity contribution in [3.8, 4) is 0 Å². The van der Waals surface area contributed by atoms with Crippen LogP contribution in [-0.2, 0) is 6.42 Å². The summed E-state index contributed by atoms with van der Waals surface area (Å²) < 4.78 is 13.0. The van der Waals surface area contributed by atoms with Gasteiger partial charge in [-0.1, -0.05) is 12.1 Å². The van der Waals surface area contributed by atoms with E-state index in [1.165, 1.54) is 37.8 Å². The maximum atomic E-state index is 13.0. The summed E-state index contributed by atoms with van der Waals surface area (Å²) in [5.74, 6) is 0.718. The molecular formula is C17H25FN2. The number of halogens is 1. The van der Waals surface area contributed by atoms with Gasteiger partial charge in [0.25, 0.3) is 0 Å². The second kappa shape index (κ2) is 5.45.